The van der Waals surface area contributed by atoms with E-state index in [4.69, 9.17) is 0 Å². The molecule has 0 atom stereocenters. The molecule has 1 heterocycles. The van der Waals surface area contributed by atoms with Gasteiger partial charge in [-0.25, -0.2) is 0 Å². The average molecular weight is 600 g/mol. The van der Waals surface area contributed by atoms with Crippen molar-refractivity contribution < 1.29 is 44.9 Å². The first kappa shape index (κ1) is 33.4. The maximum atomic E-state index is 4.54. The maximum absolute atomic E-state index is 4.54. The van der Waals surface area contributed by atoms with Gasteiger partial charge < -0.3 is 35.4 Å². The van der Waals surface area contributed by atoms with Gasteiger partial charge in [0.25, 0.3) is 0 Å². The van der Waals surface area contributed by atoms with Crippen molar-refractivity contribution in [3.63, 3.8) is 0 Å². The van der Waals surface area contributed by atoms with Crippen LogP contribution in [0.25, 0.3) is 0 Å². The average Bonchev–Trinajstić information content (AvgIpc) is 2.72. The number of aromatic nitrogens is 1. The van der Waals surface area contributed by atoms with E-state index in [1.165, 1.54) is 44.8 Å². The van der Waals surface area contributed by atoms with Crippen LogP contribution in [0.5, 0.6) is 0 Å². The first-order valence-electron chi connectivity index (χ1n) is 11.6. The van der Waals surface area contributed by atoms with Crippen LogP contribution < -0.4 is 35.4 Å². The minimum atomic E-state index is 0. The first-order valence-corrected chi connectivity index (χ1v) is 11.6. The Kier molecular flexibility index (Phi) is 15.4. The summed E-state index contributed by atoms with van der Waals surface area (Å²) in [6, 6.07) is 15.1. The zero-order valence-electron chi connectivity index (χ0n) is 21.7. The Morgan fingerprint density at radius 2 is 1.11 bits per heavy atom. The summed E-state index contributed by atoms with van der Waals surface area (Å²) in [7, 11) is 0. The van der Waals surface area contributed by atoms with Crippen LogP contribution >= 0.6 is 0 Å². The molecule has 0 spiro atoms. The second-order valence-electron chi connectivity index (χ2n) is 9.00. The molecule has 35 heavy (non-hydrogen) atoms. The van der Waals surface area contributed by atoms with E-state index >= 15 is 0 Å². The van der Waals surface area contributed by atoms with Gasteiger partial charge in [0.15, 0.2) is 0 Å². The fourth-order valence-electron chi connectivity index (χ4n) is 4.59. The monoisotopic (exact) mass is 597 g/mol. The molecule has 0 aliphatic heterocycles. The van der Waals surface area contributed by atoms with Crippen LogP contribution in [0.15, 0.2) is 48.7 Å². The molecule has 1 radical (unpaired) electrons. The molecule has 0 amide bonds. The van der Waals surface area contributed by atoms with Gasteiger partial charge in [0.2, 0.25) is 0 Å². The Hall–Kier alpha value is -1.62. The molecule has 0 saturated heterocycles. The second kappa shape index (κ2) is 16.2. The van der Waals surface area contributed by atoms with Gasteiger partial charge in [-0.2, -0.15) is 0 Å². The summed E-state index contributed by atoms with van der Waals surface area (Å²) in [5, 5.41) is 7.35. The number of pyridine rings is 1. The fourth-order valence-corrected chi connectivity index (χ4v) is 4.59. The number of nitrogens with one attached hydrogen (secondary N) is 2. The molecule has 0 fully saturated rings. The molecule has 2 N–H and O–H groups in total. The largest absolute Gasteiger partial charge is 1.00 e. The van der Waals surface area contributed by atoms with E-state index in [1.807, 2.05) is 12.3 Å². The molecule has 2 aromatic carbocycles. The fraction of sp³-hybridized carbons (Fsp3) is 0.393. The van der Waals surface area contributed by atoms with Crippen molar-refractivity contribution in [1.82, 2.24) is 9.88 Å². The van der Waals surface area contributed by atoms with Crippen LogP contribution in [-0.4, -0.2) is 36.1 Å². The number of anilines is 2. The van der Waals surface area contributed by atoms with Gasteiger partial charge in [-0.3, -0.25) is 9.88 Å². The van der Waals surface area contributed by atoms with Crippen LogP contribution in [0.3, 0.4) is 0 Å². The summed E-state index contributed by atoms with van der Waals surface area (Å²) >= 11 is 0. The van der Waals surface area contributed by atoms with E-state index < -0.39 is 0 Å². The van der Waals surface area contributed by atoms with Crippen LogP contribution in [0, 0.1) is 41.5 Å². The predicted octanol–water partition coefficient (Wildman–Crippen LogP) is -0.0362. The number of aryl methyl sites for hydroxylation is 6. The molecular weight excluding hydrogens is 561 g/mol. The minimum absolute atomic E-state index is 0. The number of halogens is 2. The van der Waals surface area contributed by atoms with E-state index in [0.29, 0.717) is 0 Å². The van der Waals surface area contributed by atoms with Crippen molar-refractivity contribution in [2.75, 3.05) is 36.8 Å². The third-order valence-corrected chi connectivity index (χ3v) is 5.93. The van der Waals surface area contributed by atoms with E-state index in [-0.39, 0.29) is 44.9 Å². The molecule has 0 bridgehead atoms. The van der Waals surface area contributed by atoms with Gasteiger partial charge in [0.1, 0.15) is 0 Å². The molecular formula is C28H38Cl2N4Tc-2. The third-order valence-electron chi connectivity index (χ3n) is 5.93. The van der Waals surface area contributed by atoms with Gasteiger partial charge >= 0.3 is 0 Å². The Morgan fingerprint density at radius 1 is 0.686 bits per heavy atom. The van der Waals surface area contributed by atoms with Crippen molar-refractivity contribution >= 4 is 11.4 Å². The number of nitrogens with zero attached hydrogens (tertiary/aromatic N) is 2. The number of benzene rings is 2. The summed E-state index contributed by atoms with van der Waals surface area (Å²) in [6.07, 6.45) is 1.88. The van der Waals surface area contributed by atoms with Crippen molar-refractivity contribution in [2.45, 2.75) is 48.1 Å². The Bertz CT molecular complexity index is 935. The molecule has 4 nitrogen and oxygen atoms in total. The normalized spacial score (nSPS) is 10.1. The van der Waals surface area contributed by atoms with Crippen molar-refractivity contribution in [2.24, 2.45) is 0 Å². The molecule has 0 aliphatic rings. The summed E-state index contributed by atoms with van der Waals surface area (Å²) < 4.78 is 0. The predicted molar refractivity (Wildman–Crippen MR) is 138 cm³/mol. The quantitative estimate of drug-likeness (QED) is 0.344. The molecule has 0 aliphatic carbocycles. The maximum Gasteiger partial charge on any atom is 0.0543 e. The van der Waals surface area contributed by atoms with Crippen LogP contribution in [0.2, 0.25) is 0 Å². The van der Waals surface area contributed by atoms with Crippen LogP contribution in [-0.2, 0) is 26.7 Å². The number of hydrogen-bond donors (Lipinski definition) is 2. The molecule has 1 aromatic heterocycles. The summed E-state index contributed by atoms with van der Waals surface area (Å²) in [5.41, 5.74) is 11.5. The first-order chi connectivity index (χ1) is 15.3. The van der Waals surface area contributed by atoms with Gasteiger partial charge in [-0.1, -0.05) is 41.5 Å². The van der Waals surface area contributed by atoms with Crippen molar-refractivity contribution in [3.05, 3.63) is 87.7 Å². The summed E-state index contributed by atoms with van der Waals surface area (Å²) in [5.74, 6) is 0. The molecule has 193 valence electrons. The van der Waals surface area contributed by atoms with Gasteiger partial charge in [-0.05, 0) is 75.9 Å². The summed E-state index contributed by atoms with van der Waals surface area (Å²) in [6.45, 7) is 17.6. The smallest absolute Gasteiger partial charge is 0.0543 e. The molecule has 3 aromatic rings. The topological polar surface area (TPSA) is 40.2 Å². The van der Waals surface area contributed by atoms with Crippen LogP contribution in [0.4, 0.5) is 11.4 Å². The molecule has 7 heteroatoms. The minimum Gasteiger partial charge on any atom is -1.00 e. The van der Waals surface area contributed by atoms with Crippen molar-refractivity contribution in [1.29, 1.82) is 0 Å². The van der Waals surface area contributed by atoms with Gasteiger partial charge in [0.05, 0.1) is 5.69 Å². The number of rotatable bonds is 10. The van der Waals surface area contributed by atoms with E-state index in [1.54, 1.807) is 0 Å². The number of hydrogen-bond acceptors (Lipinski definition) is 4. The van der Waals surface area contributed by atoms with E-state index in [2.05, 4.69) is 98.5 Å². The van der Waals surface area contributed by atoms with Gasteiger partial charge in [0, 0.05) is 70.4 Å². The Labute approximate surface area is 237 Å². The molecule has 0 saturated carbocycles. The van der Waals surface area contributed by atoms with E-state index in [9.17, 15) is 0 Å². The zero-order chi connectivity index (χ0) is 23.1. The molecule has 3 rings (SSSR count). The van der Waals surface area contributed by atoms with Crippen molar-refractivity contribution in [3.8, 4) is 0 Å². The standard InChI is InChI=1S/C28H38N4.2ClH.Tc/c1-20-15-22(3)27(23(4)16-20)30-11-13-32(19-26-9-7-8-10-29-26)14-12-31-28-24(5)17-21(2)18-25(28)6;;;/h7-10,15-18,30-31H,11-14,19H2,1-6H3;2*1H;/p-2. The van der Waals surface area contributed by atoms with Crippen LogP contribution in [0.1, 0.15) is 39.1 Å². The van der Waals surface area contributed by atoms with Gasteiger partial charge in [-0.15, -0.1) is 0 Å². The van der Waals surface area contributed by atoms with E-state index in [0.717, 1.165) is 38.4 Å². The Balaban J connectivity index is 0.00000385. The SMILES string of the molecule is Cc1cc(C)c(NCCN(CCNc2c(C)cc(C)cc2C)Cc2ccccn2)c(C)c1.[Cl-].[Cl-].[Tc]. The summed E-state index contributed by atoms with van der Waals surface area (Å²) in [4.78, 5) is 7.02. The zero-order valence-corrected chi connectivity index (χ0v) is 25.1. The molecule has 0 unspecified atom stereocenters. The third kappa shape index (κ3) is 10.1. The Morgan fingerprint density at radius 3 is 1.49 bits per heavy atom. The second-order valence-corrected chi connectivity index (χ2v) is 9.00.